The molecule has 0 spiro atoms. The van der Waals surface area contributed by atoms with E-state index in [2.05, 4.69) is 48.6 Å². The summed E-state index contributed by atoms with van der Waals surface area (Å²) in [5.74, 6) is 0. The first-order valence-corrected chi connectivity index (χ1v) is 3.63. The summed E-state index contributed by atoms with van der Waals surface area (Å²) in [4.78, 5) is 0. The van der Waals surface area contributed by atoms with Crippen LogP contribution in [-0.2, 0) is 21.7 Å². The van der Waals surface area contributed by atoms with Crippen molar-refractivity contribution in [1.29, 1.82) is 0 Å². The quantitative estimate of drug-likeness (QED) is 0.502. The van der Waals surface area contributed by atoms with Gasteiger partial charge in [-0.15, -0.1) is 0 Å². The van der Waals surface area contributed by atoms with Gasteiger partial charge in [-0.3, -0.25) is 0 Å². The third-order valence-electron chi connectivity index (χ3n) is 1.31. The van der Waals surface area contributed by atoms with Crippen LogP contribution < -0.4 is 0 Å². The van der Waals surface area contributed by atoms with Crippen molar-refractivity contribution in [3.05, 3.63) is 48.6 Å². The average molecular weight is 180 g/mol. The zero-order valence-corrected chi connectivity index (χ0v) is 8.09. The van der Waals surface area contributed by atoms with Crippen molar-refractivity contribution < 1.29 is 21.7 Å². The average Bonchev–Trinajstić information content (AvgIpc) is 2.67. The van der Waals surface area contributed by atoms with Crippen molar-refractivity contribution in [2.24, 2.45) is 0 Å². The van der Waals surface area contributed by atoms with Gasteiger partial charge in [-0.1, -0.05) is 48.6 Å². The Bertz CT molecular complexity index is 143. The molecule has 0 atom stereocenters. The van der Waals surface area contributed by atoms with Gasteiger partial charge in [0, 0.05) is 21.7 Å². The molecule has 0 aromatic rings. The molecule has 0 aromatic carbocycles. The Kier molecular flexibility index (Phi) is 7.55. The van der Waals surface area contributed by atoms with E-state index in [4.69, 9.17) is 0 Å². The maximum atomic E-state index is 2.12. The minimum absolute atomic E-state index is 0. The van der Waals surface area contributed by atoms with Crippen LogP contribution >= 0.6 is 0 Å². The van der Waals surface area contributed by atoms with E-state index in [0.29, 0.717) is 0 Å². The first-order chi connectivity index (χ1) is 5.00. The van der Waals surface area contributed by atoms with E-state index in [1.807, 2.05) is 0 Å². The second-order valence-corrected chi connectivity index (χ2v) is 2.18. The van der Waals surface area contributed by atoms with Gasteiger partial charge in [-0.25, -0.2) is 0 Å². The zero-order valence-electron chi connectivity index (χ0n) is 6.53. The zero-order chi connectivity index (χ0) is 7.07. The molecule has 0 saturated heterocycles. The Morgan fingerprint density at radius 1 is 0.545 bits per heavy atom. The summed E-state index contributed by atoms with van der Waals surface area (Å²) in [6, 6.07) is 0. The van der Waals surface area contributed by atoms with Crippen molar-refractivity contribution in [3.63, 3.8) is 0 Å². The standard InChI is InChI=1S/2C5H6.Ti/c2*1-2-4-5-3-1;/h2*1-4H,5H2;. The molecule has 2 aliphatic rings. The fraction of sp³-hybridized carbons (Fsp3) is 0.200. The van der Waals surface area contributed by atoms with Gasteiger partial charge in [0.05, 0.1) is 0 Å². The molecule has 56 valence electrons. The molecule has 2 aliphatic carbocycles. The first-order valence-electron chi connectivity index (χ1n) is 3.63. The van der Waals surface area contributed by atoms with Gasteiger partial charge in [0.25, 0.3) is 0 Å². The maximum absolute atomic E-state index is 2.12. The van der Waals surface area contributed by atoms with Gasteiger partial charge < -0.3 is 0 Å². The summed E-state index contributed by atoms with van der Waals surface area (Å²) in [5.41, 5.74) is 0. The summed E-state index contributed by atoms with van der Waals surface area (Å²) >= 11 is 0. The van der Waals surface area contributed by atoms with Crippen molar-refractivity contribution in [2.75, 3.05) is 0 Å². The molecule has 0 aliphatic heterocycles. The molecule has 0 fully saturated rings. The van der Waals surface area contributed by atoms with Crippen LogP contribution in [0.2, 0.25) is 0 Å². The van der Waals surface area contributed by atoms with E-state index in [1.165, 1.54) is 0 Å². The molecule has 0 nitrogen and oxygen atoms in total. The van der Waals surface area contributed by atoms with Gasteiger partial charge >= 0.3 is 0 Å². The molecular weight excluding hydrogens is 168 g/mol. The van der Waals surface area contributed by atoms with Crippen molar-refractivity contribution in [2.45, 2.75) is 12.8 Å². The SMILES string of the molecule is C1=CCC=C1.C1=CCC=C1.[Ti]. The van der Waals surface area contributed by atoms with Crippen LogP contribution in [0.1, 0.15) is 12.8 Å². The predicted molar refractivity (Wildman–Crippen MR) is 45.8 cm³/mol. The molecule has 0 saturated carbocycles. The fourth-order valence-corrected chi connectivity index (χ4v) is 0.786. The molecule has 0 bridgehead atoms. The second-order valence-electron chi connectivity index (χ2n) is 2.18. The van der Waals surface area contributed by atoms with Crippen LogP contribution in [0.15, 0.2) is 48.6 Å². The number of hydrogen-bond donors (Lipinski definition) is 0. The summed E-state index contributed by atoms with van der Waals surface area (Å²) < 4.78 is 0. The van der Waals surface area contributed by atoms with Gasteiger partial charge in [0.2, 0.25) is 0 Å². The summed E-state index contributed by atoms with van der Waals surface area (Å²) in [6.45, 7) is 0. The van der Waals surface area contributed by atoms with Crippen LogP contribution in [0.3, 0.4) is 0 Å². The molecule has 1 heteroatoms. The molecule has 0 amide bonds. The number of hydrogen-bond acceptors (Lipinski definition) is 0. The van der Waals surface area contributed by atoms with E-state index >= 15 is 0 Å². The van der Waals surface area contributed by atoms with Gasteiger partial charge in [0.1, 0.15) is 0 Å². The molecule has 0 N–H and O–H groups in total. The molecule has 0 aromatic heterocycles. The van der Waals surface area contributed by atoms with E-state index in [0.717, 1.165) is 12.8 Å². The summed E-state index contributed by atoms with van der Waals surface area (Å²) in [7, 11) is 0. The topological polar surface area (TPSA) is 0 Å². The minimum Gasteiger partial charge on any atom is -0.0808 e. The van der Waals surface area contributed by atoms with Crippen molar-refractivity contribution >= 4 is 0 Å². The molecule has 0 unspecified atom stereocenters. The van der Waals surface area contributed by atoms with Gasteiger partial charge in [-0.05, 0) is 12.8 Å². The Hall–Kier alpha value is -0.326. The smallest absolute Gasteiger partial charge is 0 e. The van der Waals surface area contributed by atoms with E-state index in [1.54, 1.807) is 0 Å². The largest absolute Gasteiger partial charge is 0.0808 e. The second kappa shape index (κ2) is 7.78. The van der Waals surface area contributed by atoms with Crippen molar-refractivity contribution in [3.8, 4) is 0 Å². The molecule has 2 rings (SSSR count). The van der Waals surface area contributed by atoms with Crippen LogP contribution in [0.4, 0.5) is 0 Å². The minimum atomic E-state index is 0. The molecular formula is C10H12Ti. The molecule has 0 radical (unpaired) electrons. The Labute approximate surface area is 83.3 Å². The normalized spacial score (nSPS) is 16.0. The third kappa shape index (κ3) is 6.09. The first kappa shape index (κ1) is 10.7. The van der Waals surface area contributed by atoms with E-state index in [-0.39, 0.29) is 21.7 Å². The van der Waals surface area contributed by atoms with Crippen LogP contribution in [0.25, 0.3) is 0 Å². The monoisotopic (exact) mass is 180 g/mol. The summed E-state index contributed by atoms with van der Waals surface area (Å²) in [6.07, 6.45) is 19.0. The van der Waals surface area contributed by atoms with Gasteiger partial charge in [0.15, 0.2) is 0 Å². The summed E-state index contributed by atoms with van der Waals surface area (Å²) in [5, 5.41) is 0. The van der Waals surface area contributed by atoms with E-state index in [9.17, 15) is 0 Å². The fourth-order valence-electron chi connectivity index (χ4n) is 0.786. The maximum Gasteiger partial charge on any atom is 0 e. The number of allylic oxidation sites excluding steroid dienone is 8. The molecule has 11 heavy (non-hydrogen) atoms. The Balaban J connectivity index is 0.000000167. The van der Waals surface area contributed by atoms with Gasteiger partial charge in [-0.2, -0.15) is 0 Å². The van der Waals surface area contributed by atoms with Crippen LogP contribution in [-0.4, -0.2) is 0 Å². The predicted octanol–water partition coefficient (Wildman–Crippen LogP) is 3.00. The Morgan fingerprint density at radius 3 is 0.909 bits per heavy atom. The molecule has 0 heterocycles. The Morgan fingerprint density at radius 2 is 0.818 bits per heavy atom. The van der Waals surface area contributed by atoms with Crippen LogP contribution in [0.5, 0.6) is 0 Å². The van der Waals surface area contributed by atoms with Crippen molar-refractivity contribution in [1.82, 2.24) is 0 Å². The van der Waals surface area contributed by atoms with E-state index < -0.39 is 0 Å². The number of rotatable bonds is 0. The third-order valence-corrected chi connectivity index (χ3v) is 1.31. The van der Waals surface area contributed by atoms with Crippen LogP contribution in [0, 0.1) is 0 Å².